The first-order chi connectivity index (χ1) is 9.96. The molecule has 6 heteroatoms. The van der Waals surface area contributed by atoms with Gasteiger partial charge in [0.15, 0.2) is 0 Å². The van der Waals surface area contributed by atoms with Crippen LogP contribution < -0.4 is 0 Å². The number of rotatable bonds is 3. The average molecular weight is 293 g/mol. The van der Waals surface area contributed by atoms with Gasteiger partial charge >= 0.3 is 0 Å². The second-order valence-corrected chi connectivity index (χ2v) is 6.31. The van der Waals surface area contributed by atoms with E-state index in [2.05, 4.69) is 5.10 Å². The van der Waals surface area contributed by atoms with Crippen LogP contribution in [0.3, 0.4) is 0 Å². The molecule has 3 aliphatic rings. The van der Waals surface area contributed by atoms with Crippen LogP contribution in [0.5, 0.6) is 0 Å². The third-order valence-electron chi connectivity index (χ3n) is 4.95. The Morgan fingerprint density at radius 2 is 2.19 bits per heavy atom. The van der Waals surface area contributed by atoms with Crippen molar-refractivity contribution in [2.75, 3.05) is 13.7 Å². The Morgan fingerprint density at radius 1 is 1.52 bits per heavy atom. The first-order valence-corrected chi connectivity index (χ1v) is 7.51. The molecule has 21 heavy (non-hydrogen) atoms. The molecule has 2 bridgehead atoms. The summed E-state index contributed by atoms with van der Waals surface area (Å²) in [6.45, 7) is 2.24. The minimum absolute atomic E-state index is 0.0528. The summed E-state index contributed by atoms with van der Waals surface area (Å²) in [6, 6.07) is 1.73. The molecule has 2 aliphatic heterocycles. The molecule has 116 valence electrons. The molecule has 0 aromatic carbocycles. The number of piperidine rings is 2. The highest BCUT2D eigenvalue weighted by Gasteiger charge is 2.53. The van der Waals surface area contributed by atoms with Gasteiger partial charge < -0.3 is 14.7 Å². The second kappa shape index (κ2) is 5.10. The molecular weight excluding hydrogens is 270 g/mol. The van der Waals surface area contributed by atoms with E-state index in [1.807, 2.05) is 11.8 Å². The molecule has 2 saturated heterocycles. The molecular formula is C15H23N3O3. The molecule has 3 fully saturated rings. The minimum Gasteiger partial charge on any atom is -0.388 e. The zero-order valence-electron chi connectivity index (χ0n) is 12.9. The molecule has 1 amide bonds. The van der Waals surface area contributed by atoms with E-state index in [1.54, 1.807) is 24.9 Å². The van der Waals surface area contributed by atoms with Crippen LogP contribution in [0.4, 0.5) is 0 Å². The van der Waals surface area contributed by atoms with Gasteiger partial charge in [-0.15, -0.1) is 0 Å². The fourth-order valence-electron chi connectivity index (χ4n) is 3.87. The van der Waals surface area contributed by atoms with Crippen molar-refractivity contribution < 1.29 is 14.6 Å². The van der Waals surface area contributed by atoms with E-state index in [-0.39, 0.29) is 18.0 Å². The monoisotopic (exact) mass is 293 g/mol. The molecule has 1 aromatic rings. The van der Waals surface area contributed by atoms with Crippen LogP contribution in [-0.2, 0) is 11.8 Å². The van der Waals surface area contributed by atoms with Gasteiger partial charge in [-0.3, -0.25) is 9.48 Å². The fourth-order valence-corrected chi connectivity index (χ4v) is 3.87. The quantitative estimate of drug-likeness (QED) is 0.898. The van der Waals surface area contributed by atoms with E-state index in [1.165, 1.54) is 0 Å². The van der Waals surface area contributed by atoms with Crippen LogP contribution >= 0.6 is 0 Å². The normalized spacial score (nSPS) is 31.7. The van der Waals surface area contributed by atoms with Gasteiger partial charge in [0.05, 0.1) is 23.9 Å². The van der Waals surface area contributed by atoms with Gasteiger partial charge in [-0.2, -0.15) is 5.10 Å². The Hall–Kier alpha value is -1.40. The Labute approximate surface area is 124 Å². The lowest BCUT2D eigenvalue weighted by atomic mass is 9.71. The Balaban J connectivity index is 1.95. The van der Waals surface area contributed by atoms with Crippen LogP contribution in [0.2, 0.25) is 0 Å². The minimum atomic E-state index is -0.811. The number of fused-ring (bicyclic) bond motifs is 3. The Morgan fingerprint density at radius 3 is 2.71 bits per heavy atom. The Kier molecular flexibility index (Phi) is 3.53. The summed E-state index contributed by atoms with van der Waals surface area (Å²) >= 11 is 0. The van der Waals surface area contributed by atoms with Crippen molar-refractivity contribution in [2.45, 2.75) is 50.3 Å². The summed E-state index contributed by atoms with van der Waals surface area (Å²) < 4.78 is 6.89. The fraction of sp³-hybridized carbons (Fsp3) is 0.733. The molecule has 0 spiro atoms. The number of amides is 1. The van der Waals surface area contributed by atoms with Gasteiger partial charge in [0.2, 0.25) is 0 Å². The number of carbonyl (C=O) groups is 1. The lowest BCUT2D eigenvalue weighted by molar-refractivity contribution is -0.143. The SMILES string of the molecule is COCC1N(C(=O)c2cc(C)nn2C)C2CCC1(O)CC2. The first-order valence-electron chi connectivity index (χ1n) is 7.51. The number of hydrogen-bond acceptors (Lipinski definition) is 4. The van der Waals surface area contributed by atoms with Crippen molar-refractivity contribution in [3.05, 3.63) is 17.5 Å². The maximum atomic E-state index is 12.9. The van der Waals surface area contributed by atoms with E-state index in [9.17, 15) is 9.90 Å². The predicted octanol–water partition coefficient (Wildman–Crippen LogP) is 0.873. The summed E-state index contributed by atoms with van der Waals surface area (Å²) in [5.41, 5.74) is 0.586. The lowest BCUT2D eigenvalue weighted by Crippen LogP contribution is -2.67. The van der Waals surface area contributed by atoms with Crippen LogP contribution in [0, 0.1) is 6.92 Å². The standard InChI is InChI=1S/C15H23N3O3/c1-10-8-12(17(2)16-10)14(19)18-11-4-6-15(20,7-5-11)13(18)9-21-3/h8,11,13,20H,4-7,9H2,1-3H3. The number of aromatic nitrogens is 2. The molecule has 1 N–H and O–H groups in total. The van der Waals surface area contributed by atoms with Gasteiger partial charge in [-0.05, 0) is 38.7 Å². The van der Waals surface area contributed by atoms with Crippen molar-refractivity contribution in [1.29, 1.82) is 0 Å². The van der Waals surface area contributed by atoms with Crippen LogP contribution in [-0.4, -0.2) is 57.1 Å². The van der Waals surface area contributed by atoms with E-state index in [0.717, 1.165) is 31.4 Å². The zero-order valence-corrected chi connectivity index (χ0v) is 12.9. The van der Waals surface area contributed by atoms with Gasteiger partial charge in [-0.25, -0.2) is 0 Å². The summed E-state index contributed by atoms with van der Waals surface area (Å²) in [6.07, 6.45) is 3.22. The predicted molar refractivity (Wildman–Crippen MR) is 77.0 cm³/mol. The number of hydrogen-bond donors (Lipinski definition) is 1. The smallest absolute Gasteiger partial charge is 0.272 e. The van der Waals surface area contributed by atoms with Crippen molar-refractivity contribution in [3.63, 3.8) is 0 Å². The van der Waals surface area contributed by atoms with Crippen LogP contribution in [0.25, 0.3) is 0 Å². The molecule has 1 unspecified atom stereocenters. The highest BCUT2D eigenvalue weighted by molar-refractivity contribution is 5.93. The van der Waals surface area contributed by atoms with Crippen LogP contribution in [0.1, 0.15) is 41.9 Å². The van der Waals surface area contributed by atoms with Crippen molar-refractivity contribution in [1.82, 2.24) is 14.7 Å². The highest BCUT2D eigenvalue weighted by Crippen LogP contribution is 2.43. The lowest BCUT2D eigenvalue weighted by Gasteiger charge is -2.55. The van der Waals surface area contributed by atoms with Crippen LogP contribution in [0.15, 0.2) is 6.07 Å². The maximum absolute atomic E-state index is 12.9. The third-order valence-corrected chi connectivity index (χ3v) is 4.95. The number of methoxy groups -OCH3 is 1. The Bertz CT molecular complexity index is 546. The van der Waals surface area contributed by atoms with Crippen molar-refractivity contribution in [3.8, 4) is 0 Å². The van der Waals surface area contributed by atoms with Gasteiger partial charge in [0.25, 0.3) is 5.91 Å². The number of aryl methyl sites for hydroxylation is 2. The molecule has 0 radical (unpaired) electrons. The second-order valence-electron chi connectivity index (χ2n) is 6.31. The first kappa shape index (κ1) is 14.5. The molecule has 1 aromatic heterocycles. The molecule has 6 nitrogen and oxygen atoms in total. The van der Waals surface area contributed by atoms with Gasteiger partial charge in [0.1, 0.15) is 5.69 Å². The molecule has 1 atom stereocenters. The van der Waals surface area contributed by atoms with E-state index >= 15 is 0 Å². The molecule has 1 aliphatic carbocycles. The maximum Gasteiger partial charge on any atom is 0.272 e. The van der Waals surface area contributed by atoms with Gasteiger partial charge in [-0.1, -0.05) is 0 Å². The number of nitrogens with zero attached hydrogens (tertiary/aromatic N) is 3. The molecule has 4 rings (SSSR count). The zero-order chi connectivity index (χ0) is 15.2. The molecule has 1 saturated carbocycles. The van der Waals surface area contributed by atoms with Crippen molar-refractivity contribution >= 4 is 5.91 Å². The van der Waals surface area contributed by atoms with E-state index < -0.39 is 5.60 Å². The van der Waals surface area contributed by atoms with Gasteiger partial charge in [0, 0.05) is 20.2 Å². The van der Waals surface area contributed by atoms with E-state index in [4.69, 9.17) is 4.74 Å². The topological polar surface area (TPSA) is 67.6 Å². The summed E-state index contributed by atoms with van der Waals surface area (Å²) in [5.74, 6) is -0.0528. The summed E-state index contributed by atoms with van der Waals surface area (Å²) in [4.78, 5) is 14.8. The molecule has 3 heterocycles. The number of aliphatic hydroxyl groups is 1. The highest BCUT2D eigenvalue weighted by atomic mass is 16.5. The van der Waals surface area contributed by atoms with Crippen molar-refractivity contribution in [2.24, 2.45) is 7.05 Å². The number of ether oxygens (including phenoxy) is 1. The average Bonchev–Trinajstić information content (AvgIpc) is 2.78. The largest absolute Gasteiger partial charge is 0.388 e. The third kappa shape index (κ3) is 2.26. The summed E-state index contributed by atoms with van der Waals surface area (Å²) in [7, 11) is 3.39. The van der Waals surface area contributed by atoms with E-state index in [0.29, 0.717) is 12.3 Å². The number of carbonyl (C=O) groups excluding carboxylic acids is 1. The summed E-state index contributed by atoms with van der Waals surface area (Å²) in [5, 5.41) is 15.1.